The van der Waals surface area contributed by atoms with Crippen LogP contribution in [0, 0.1) is 5.82 Å². The van der Waals surface area contributed by atoms with Gasteiger partial charge in [-0.2, -0.15) is 0 Å². The summed E-state index contributed by atoms with van der Waals surface area (Å²) in [4.78, 5) is 29.5. The van der Waals surface area contributed by atoms with E-state index in [0.29, 0.717) is 5.52 Å². The van der Waals surface area contributed by atoms with Gasteiger partial charge in [-0.1, -0.05) is 18.9 Å². The molecule has 3 aliphatic rings. The third kappa shape index (κ3) is 3.28. The van der Waals surface area contributed by atoms with Crippen LogP contribution in [0.5, 0.6) is 5.75 Å². The third-order valence-electron chi connectivity index (χ3n) is 8.02. The molecule has 1 aliphatic heterocycles. The van der Waals surface area contributed by atoms with Crippen LogP contribution in [0.4, 0.5) is 15.8 Å². The van der Waals surface area contributed by atoms with Gasteiger partial charge in [-0.15, -0.1) is 0 Å². The molecule has 4 N–H and O–H groups in total. The van der Waals surface area contributed by atoms with Gasteiger partial charge in [0.2, 0.25) is 5.43 Å². The Morgan fingerprint density at radius 3 is 2.80 bits per heavy atom. The number of fused-ring (bicyclic) bond motifs is 1. The van der Waals surface area contributed by atoms with E-state index >= 15 is 4.39 Å². The number of nitrogen functional groups attached to an aromatic ring is 1. The van der Waals surface area contributed by atoms with E-state index in [9.17, 15) is 14.7 Å². The maximum absolute atomic E-state index is 15.7. The number of rotatable bonds is 4. The van der Waals surface area contributed by atoms with E-state index in [1.54, 1.807) is 6.20 Å². The lowest BCUT2D eigenvalue weighted by Crippen LogP contribution is -2.42. The quantitative estimate of drug-likeness (QED) is 0.480. The topological polar surface area (TPSA) is 119 Å². The number of carboxylic acid groups (broad SMARTS) is 1. The summed E-state index contributed by atoms with van der Waals surface area (Å²) in [6.07, 6.45) is 9.22. The Kier molecular flexibility index (Phi) is 4.98. The summed E-state index contributed by atoms with van der Waals surface area (Å²) in [6, 6.07) is 5.84. The highest BCUT2D eigenvalue weighted by Crippen LogP contribution is 2.49. The molecule has 9 heteroatoms. The molecule has 2 fully saturated rings. The Bertz CT molecular complexity index is 1400. The van der Waals surface area contributed by atoms with Gasteiger partial charge in [0.15, 0.2) is 11.6 Å². The van der Waals surface area contributed by atoms with Crippen molar-refractivity contribution in [2.75, 3.05) is 17.7 Å². The van der Waals surface area contributed by atoms with Crippen molar-refractivity contribution < 1.29 is 19.0 Å². The summed E-state index contributed by atoms with van der Waals surface area (Å²) in [5.41, 5.74) is 5.74. The van der Waals surface area contributed by atoms with Gasteiger partial charge in [-0.25, -0.2) is 9.18 Å². The maximum Gasteiger partial charge on any atom is 0.341 e. The van der Waals surface area contributed by atoms with Crippen molar-refractivity contribution in [1.82, 2.24) is 9.55 Å². The lowest BCUT2D eigenvalue weighted by atomic mass is 9.93. The molecule has 2 atom stereocenters. The minimum atomic E-state index is -1.35. The molecule has 0 saturated heterocycles. The normalized spacial score (nSPS) is 22.4. The highest BCUT2D eigenvalue weighted by molar-refractivity contribution is 6.03. The van der Waals surface area contributed by atoms with Crippen molar-refractivity contribution >= 4 is 28.2 Å². The van der Waals surface area contributed by atoms with Gasteiger partial charge >= 0.3 is 5.97 Å². The molecule has 0 radical (unpaired) electrons. The number of benzene rings is 1. The first-order valence-electron chi connectivity index (χ1n) is 12.1. The van der Waals surface area contributed by atoms with Gasteiger partial charge in [0.25, 0.3) is 0 Å². The summed E-state index contributed by atoms with van der Waals surface area (Å²) in [5, 5.41) is 12.9. The summed E-state index contributed by atoms with van der Waals surface area (Å²) >= 11 is 0. The fraction of sp³-hybridized carbons (Fsp3) is 0.423. The number of carboxylic acids is 1. The number of ether oxygens (including phenoxy) is 1. The average Bonchev–Trinajstić information content (AvgIpc) is 3.52. The second-order valence-electron chi connectivity index (χ2n) is 10.0. The number of aromatic carboxylic acids is 1. The lowest BCUT2D eigenvalue weighted by molar-refractivity contribution is 0.0692. The molecule has 6 rings (SSSR count). The second kappa shape index (κ2) is 7.96. The predicted octanol–water partition coefficient (Wildman–Crippen LogP) is 4.23. The third-order valence-corrected chi connectivity index (χ3v) is 8.02. The number of hydrogen-bond donors (Lipinski definition) is 3. The summed E-state index contributed by atoms with van der Waals surface area (Å²) in [6.45, 7) is 0.288. The average molecular weight is 479 g/mol. The molecule has 0 bridgehead atoms. The van der Waals surface area contributed by atoms with Crippen molar-refractivity contribution in [2.45, 2.75) is 62.4 Å². The van der Waals surface area contributed by atoms with Crippen molar-refractivity contribution in [3.63, 3.8) is 0 Å². The van der Waals surface area contributed by atoms with E-state index in [2.05, 4.69) is 10.3 Å². The van der Waals surface area contributed by atoms with E-state index in [4.69, 9.17) is 10.5 Å². The van der Waals surface area contributed by atoms with Gasteiger partial charge in [-0.05, 0) is 44.2 Å². The standard InChI is InChI=1S/C26H27FN4O4/c27-19-20(28)18-22-24(21(19)30-15-7-6-14(11-15)17-5-1-4-10-29-17)35-13-26(8-2-3-9-26)31(22)12-16(23(18)32)25(33)34/h1,4-5,10,12,14-15,30H,2-3,6-9,11,13,28H2,(H,33,34)/t14-,15?/m0/s1. The van der Waals surface area contributed by atoms with Crippen molar-refractivity contribution in [3.8, 4) is 5.75 Å². The minimum Gasteiger partial charge on any atom is -0.487 e. The fourth-order valence-corrected chi connectivity index (χ4v) is 6.24. The van der Waals surface area contributed by atoms with Crippen LogP contribution in [0.15, 0.2) is 35.4 Å². The van der Waals surface area contributed by atoms with Crippen LogP contribution in [0.3, 0.4) is 0 Å². The monoisotopic (exact) mass is 478 g/mol. The molecule has 0 amide bonds. The minimum absolute atomic E-state index is 0.0194. The first kappa shape index (κ1) is 21.9. The molecule has 35 heavy (non-hydrogen) atoms. The van der Waals surface area contributed by atoms with Crippen LogP contribution < -0.4 is 21.2 Å². The number of carbonyl (C=O) groups is 1. The molecule has 182 valence electrons. The number of nitrogens with zero attached hydrogens (tertiary/aromatic N) is 2. The Labute approximate surface area is 200 Å². The van der Waals surface area contributed by atoms with E-state index in [0.717, 1.165) is 50.6 Å². The largest absolute Gasteiger partial charge is 0.487 e. The number of pyridine rings is 2. The zero-order valence-electron chi connectivity index (χ0n) is 19.2. The first-order valence-corrected chi connectivity index (χ1v) is 12.1. The highest BCUT2D eigenvalue weighted by atomic mass is 19.1. The van der Waals surface area contributed by atoms with Crippen LogP contribution >= 0.6 is 0 Å². The first-order chi connectivity index (χ1) is 16.9. The molecule has 3 heterocycles. The SMILES string of the molecule is Nc1c(F)c(NC2CC[C@H](c3ccccn3)C2)c2c3c1c(=O)c(C(=O)O)cn3C1(CCCC1)CO2. The van der Waals surface area contributed by atoms with Crippen LogP contribution in [-0.4, -0.2) is 33.3 Å². The van der Waals surface area contributed by atoms with E-state index < -0.39 is 28.3 Å². The van der Waals surface area contributed by atoms with Crippen LogP contribution in [-0.2, 0) is 5.54 Å². The summed E-state index contributed by atoms with van der Waals surface area (Å²) in [7, 11) is 0. The highest BCUT2D eigenvalue weighted by Gasteiger charge is 2.43. The van der Waals surface area contributed by atoms with E-state index in [1.807, 2.05) is 22.8 Å². The summed E-state index contributed by atoms with van der Waals surface area (Å²) in [5.74, 6) is -1.62. The van der Waals surface area contributed by atoms with Gasteiger partial charge in [0.05, 0.1) is 22.1 Å². The van der Waals surface area contributed by atoms with Crippen LogP contribution in [0.25, 0.3) is 10.9 Å². The van der Waals surface area contributed by atoms with Crippen LogP contribution in [0.1, 0.15) is 66.9 Å². The molecule has 2 aromatic heterocycles. The lowest BCUT2D eigenvalue weighted by Gasteiger charge is -2.39. The van der Waals surface area contributed by atoms with Crippen LogP contribution in [0.2, 0.25) is 0 Å². The Morgan fingerprint density at radius 1 is 1.29 bits per heavy atom. The molecule has 2 aliphatic carbocycles. The van der Waals surface area contributed by atoms with Crippen molar-refractivity contribution in [3.05, 3.63) is 57.9 Å². The molecule has 1 unspecified atom stereocenters. The zero-order chi connectivity index (χ0) is 24.3. The Hall–Kier alpha value is -3.62. The molecule has 1 aromatic carbocycles. The number of anilines is 2. The van der Waals surface area contributed by atoms with Crippen molar-refractivity contribution in [2.24, 2.45) is 0 Å². The van der Waals surface area contributed by atoms with Gasteiger partial charge in [0.1, 0.15) is 17.9 Å². The fourth-order valence-electron chi connectivity index (χ4n) is 6.24. The second-order valence-corrected chi connectivity index (χ2v) is 10.0. The van der Waals surface area contributed by atoms with E-state index in [-0.39, 0.29) is 41.1 Å². The molecule has 2 saturated carbocycles. The molecule has 3 aromatic rings. The predicted molar refractivity (Wildman–Crippen MR) is 130 cm³/mol. The number of hydrogen-bond acceptors (Lipinski definition) is 6. The van der Waals surface area contributed by atoms with Gasteiger partial charge < -0.3 is 25.5 Å². The summed E-state index contributed by atoms with van der Waals surface area (Å²) < 4.78 is 23.8. The van der Waals surface area contributed by atoms with E-state index in [1.165, 1.54) is 6.20 Å². The Morgan fingerprint density at radius 2 is 2.09 bits per heavy atom. The molecular weight excluding hydrogens is 451 g/mol. The van der Waals surface area contributed by atoms with Gasteiger partial charge in [0, 0.05) is 30.0 Å². The zero-order valence-corrected chi connectivity index (χ0v) is 19.2. The molecular formula is C26H27FN4O4. The number of nitrogens with one attached hydrogen (secondary N) is 1. The molecule has 8 nitrogen and oxygen atoms in total. The smallest absolute Gasteiger partial charge is 0.341 e. The number of halogens is 1. The number of nitrogens with two attached hydrogens (primary N) is 1. The molecule has 1 spiro atoms. The van der Waals surface area contributed by atoms with Gasteiger partial charge in [-0.3, -0.25) is 9.78 Å². The van der Waals surface area contributed by atoms with Crippen molar-refractivity contribution in [1.29, 1.82) is 0 Å². The number of aromatic nitrogens is 2. The Balaban J connectivity index is 1.48. The maximum atomic E-state index is 15.7.